The Morgan fingerprint density at radius 3 is 2.28 bits per heavy atom. The predicted octanol–water partition coefficient (Wildman–Crippen LogP) is 5.83. The van der Waals surface area contributed by atoms with Gasteiger partial charge in [-0.2, -0.15) is 0 Å². The summed E-state index contributed by atoms with van der Waals surface area (Å²) < 4.78 is 11.0. The third-order valence-electron chi connectivity index (χ3n) is 3.85. The minimum absolute atomic E-state index is 0.147. The zero-order valence-electron chi connectivity index (χ0n) is 15.2. The van der Waals surface area contributed by atoms with E-state index in [4.69, 9.17) is 9.47 Å². The second-order valence-electron chi connectivity index (χ2n) is 6.72. The van der Waals surface area contributed by atoms with E-state index in [2.05, 4.69) is 61.0 Å². The zero-order valence-corrected chi connectivity index (χ0v) is 17.6. The number of thioether (sulfide) groups is 1. The van der Waals surface area contributed by atoms with Crippen molar-refractivity contribution in [1.29, 1.82) is 0 Å². The molecule has 0 atom stereocenters. The number of methoxy groups -OCH3 is 2. The van der Waals surface area contributed by atoms with Crippen LogP contribution in [0.4, 0.5) is 0 Å². The lowest BCUT2D eigenvalue weighted by Crippen LogP contribution is -2.10. The van der Waals surface area contributed by atoms with Crippen molar-refractivity contribution in [3.05, 3.63) is 57.6 Å². The molecule has 0 radical (unpaired) electrons. The van der Waals surface area contributed by atoms with Crippen molar-refractivity contribution in [1.82, 2.24) is 0 Å². The van der Waals surface area contributed by atoms with E-state index in [0.717, 1.165) is 20.9 Å². The average Bonchev–Trinajstić information content (AvgIpc) is 2.58. The quantitative estimate of drug-likeness (QED) is 0.448. The van der Waals surface area contributed by atoms with Crippen LogP contribution >= 0.6 is 27.7 Å². The first-order valence-corrected chi connectivity index (χ1v) is 9.72. The molecule has 134 valence electrons. The molecule has 0 saturated carbocycles. The van der Waals surface area contributed by atoms with Crippen molar-refractivity contribution in [3.8, 4) is 5.75 Å². The summed E-state index contributed by atoms with van der Waals surface area (Å²) in [6.07, 6.45) is 0. The van der Waals surface area contributed by atoms with Gasteiger partial charge in [-0.05, 0) is 44.6 Å². The number of hydrogen-bond donors (Lipinski definition) is 0. The van der Waals surface area contributed by atoms with Crippen molar-refractivity contribution in [2.24, 2.45) is 0 Å². The van der Waals surface area contributed by atoms with Crippen LogP contribution in [0.25, 0.3) is 0 Å². The monoisotopic (exact) mass is 422 g/mol. The van der Waals surface area contributed by atoms with Crippen LogP contribution in [-0.2, 0) is 15.9 Å². The van der Waals surface area contributed by atoms with Crippen molar-refractivity contribution in [2.75, 3.05) is 14.2 Å². The summed E-state index contributed by atoms with van der Waals surface area (Å²) in [6, 6.07) is 12.2. The Kier molecular flexibility index (Phi) is 6.58. The summed E-state index contributed by atoms with van der Waals surface area (Å²) in [4.78, 5) is 12.7. The third-order valence-corrected chi connectivity index (χ3v) is 5.53. The van der Waals surface area contributed by atoms with Gasteiger partial charge in [0.2, 0.25) is 0 Å². The first kappa shape index (κ1) is 19.9. The average molecular weight is 423 g/mol. The van der Waals surface area contributed by atoms with Crippen LogP contribution in [0, 0.1) is 0 Å². The van der Waals surface area contributed by atoms with Gasteiger partial charge in [0.25, 0.3) is 0 Å². The minimum Gasteiger partial charge on any atom is -0.494 e. The largest absolute Gasteiger partial charge is 0.494 e. The maximum Gasteiger partial charge on any atom is 0.337 e. The molecule has 2 aromatic carbocycles. The van der Waals surface area contributed by atoms with Crippen LogP contribution in [0.2, 0.25) is 0 Å². The number of halogens is 1. The van der Waals surface area contributed by atoms with Gasteiger partial charge in [0, 0.05) is 5.75 Å². The van der Waals surface area contributed by atoms with Gasteiger partial charge in [0.15, 0.2) is 0 Å². The maximum absolute atomic E-state index is 11.8. The lowest BCUT2D eigenvalue weighted by Gasteiger charge is -2.19. The molecule has 25 heavy (non-hydrogen) atoms. The highest BCUT2D eigenvalue weighted by molar-refractivity contribution is 9.10. The van der Waals surface area contributed by atoms with E-state index in [0.29, 0.717) is 5.56 Å². The molecular weight excluding hydrogens is 400 g/mol. The molecule has 0 amide bonds. The van der Waals surface area contributed by atoms with E-state index >= 15 is 0 Å². The Labute approximate surface area is 162 Å². The molecule has 0 aliphatic carbocycles. The summed E-state index contributed by atoms with van der Waals surface area (Å²) in [5.41, 5.74) is 3.18. The van der Waals surface area contributed by atoms with Crippen molar-refractivity contribution >= 4 is 33.7 Å². The highest BCUT2D eigenvalue weighted by Gasteiger charge is 2.16. The molecular formula is C20H23BrO3S. The number of esters is 1. The molecule has 0 bridgehead atoms. The Bertz CT molecular complexity index is 749. The van der Waals surface area contributed by atoms with Crippen molar-refractivity contribution < 1.29 is 14.3 Å². The zero-order chi connectivity index (χ0) is 18.6. The van der Waals surface area contributed by atoms with E-state index in [1.807, 2.05) is 6.07 Å². The van der Waals surface area contributed by atoms with Crippen LogP contribution in [0.5, 0.6) is 5.75 Å². The van der Waals surface area contributed by atoms with Crippen LogP contribution in [0.1, 0.15) is 42.3 Å². The summed E-state index contributed by atoms with van der Waals surface area (Å²) in [5.74, 6) is 1.15. The normalized spacial score (nSPS) is 11.3. The summed E-state index contributed by atoms with van der Waals surface area (Å²) in [7, 11) is 3.00. The summed E-state index contributed by atoms with van der Waals surface area (Å²) >= 11 is 5.10. The molecule has 2 aromatic rings. The van der Waals surface area contributed by atoms with E-state index < -0.39 is 0 Å². The van der Waals surface area contributed by atoms with Gasteiger partial charge in [-0.1, -0.05) is 45.0 Å². The topological polar surface area (TPSA) is 35.5 Å². The molecule has 0 spiro atoms. The third kappa shape index (κ3) is 5.02. The fraction of sp³-hybridized carbons (Fsp3) is 0.350. The number of rotatable bonds is 5. The standard InChI is InChI=1S/C20H23BrO3S/c1-20(2,3)15-8-6-13(7-9-15)12-25-17-11-14(19(22)24-5)10-16(21)18(17)23-4/h6-11H,12H2,1-5H3. The molecule has 0 unspecified atom stereocenters. The van der Waals surface area contributed by atoms with Gasteiger partial charge in [-0.3, -0.25) is 0 Å². The first-order chi connectivity index (χ1) is 11.8. The van der Waals surface area contributed by atoms with E-state index in [9.17, 15) is 4.79 Å². The van der Waals surface area contributed by atoms with Crippen LogP contribution in [0.15, 0.2) is 45.8 Å². The minimum atomic E-state index is -0.361. The van der Waals surface area contributed by atoms with Gasteiger partial charge >= 0.3 is 5.97 Å². The maximum atomic E-state index is 11.8. The molecule has 3 nitrogen and oxygen atoms in total. The first-order valence-electron chi connectivity index (χ1n) is 7.94. The molecule has 0 aromatic heterocycles. The van der Waals surface area contributed by atoms with Gasteiger partial charge in [-0.25, -0.2) is 4.79 Å². The van der Waals surface area contributed by atoms with Crippen molar-refractivity contribution in [2.45, 2.75) is 36.8 Å². The van der Waals surface area contributed by atoms with E-state index in [1.54, 1.807) is 24.9 Å². The highest BCUT2D eigenvalue weighted by Crippen LogP contribution is 2.38. The van der Waals surface area contributed by atoms with Crippen molar-refractivity contribution in [3.63, 3.8) is 0 Å². The molecule has 0 heterocycles. The Morgan fingerprint density at radius 2 is 1.76 bits per heavy atom. The second kappa shape index (κ2) is 8.28. The molecule has 5 heteroatoms. The number of carbonyl (C=O) groups is 1. The smallest absolute Gasteiger partial charge is 0.337 e. The molecule has 0 aliphatic heterocycles. The number of benzene rings is 2. The molecule has 2 rings (SSSR count). The highest BCUT2D eigenvalue weighted by atomic mass is 79.9. The summed E-state index contributed by atoms with van der Waals surface area (Å²) in [6.45, 7) is 6.62. The second-order valence-corrected chi connectivity index (χ2v) is 8.59. The Balaban J connectivity index is 2.22. The number of ether oxygens (including phenoxy) is 2. The number of carbonyl (C=O) groups excluding carboxylic acids is 1. The van der Waals surface area contributed by atoms with Crippen LogP contribution in [-0.4, -0.2) is 20.2 Å². The molecule has 0 aliphatic rings. The SMILES string of the molecule is COC(=O)c1cc(Br)c(OC)c(SCc2ccc(C(C)(C)C)cc2)c1. The fourth-order valence-corrected chi connectivity index (χ4v) is 4.17. The fourth-order valence-electron chi connectivity index (χ4n) is 2.37. The van der Waals surface area contributed by atoms with Crippen LogP contribution < -0.4 is 4.74 Å². The molecule has 0 fully saturated rings. The summed E-state index contributed by atoms with van der Waals surface area (Å²) in [5, 5.41) is 0. The van der Waals surface area contributed by atoms with Gasteiger partial charge in [0.1, 0.15) is 5.75 Å². The van der Waals surface area contributed by atoms with E-state index in [-0.39, 0.29) is 11.4 Å². The van der Waals surface area contributed by atoms with E-state index in [1.165, 1.54) is 18.2 Å². The van der Waals surface area contributed by atoms with Gasteiger partial charge < -0.3 is 9.47 Å². The predicted molar refractivity (Wildman–Crippen MR) is 107 cm³/mol. The van der Waals surface area contributed by atoms with Crippen LogP contribution in [0.3, 0.4) is 0 Å². The van der Waals surface area contributed by atoms with Gasteiger partial charge in [0.05, 0.1) is 29.2 Å². The Hall–Kier alpha value is -1.46. The lowest BCUT2D eigenvalue weighted by atomic mass is 9.87. The number of hydrogen-bond acceptors (Lipinski definition) is 4. The lowest BCUT2D eigenvalue weighted by molar-refractivity contribution is 0.0600. The molecule has 0 saturated heterocycles. The Morgan fingerprint density at radius 1 is 1.12 bits per heavy atom. The molecule has 0 N–H and O–H groups in total. The van der Waals surface area contributed by atoms with Gasteiger partial charge in [-0.15, -0.1) is 11.8 Å².